The maximum atomic E-state index is 15.0. The summed E-state index contributed by atoms with van der Waals surface area (Å²) >= 11 is 0. The van der Waals surface area contributed by atoms with Crippen molar-refractivity contribution in [2.75, 3.05) is 32.7 Å². The molecule has 0 aromatic heterocycles. The van der Waals surface area contributed by atoms with Gasteiger partial charge in [-0.3, -0.25) is 0 Å². The van der Waals surface area contributed by atoms with Crippen molar-refractivity contribution >= 4 is 5.70 Å². The van der Waals surface area contributed by atoms with Crippen molar-refractivity contribution in [1.29, 1.82) is 0 Å². The minimum absolute atomic E-state index is 0.132. The lowest BCUT2D eigenvalue weighted by atomic mass is 9.89. The van der Waals surface area contributed by atoms with Gasteiger partial charge < -0.3 is 15.5 Å². The quantitative estimate of drug-likeness (QED) is 0.395. The highest BCUT2D eigenvalue weighted by Crippen LogP contribution is 2.30. The van der Waals surface area contributed by atoms with Gasteiger partial charge in [0.1, 0.15) is 11.5 Å². The average molecular weight is 508 g/mol. The zero-order chi connectivity index (χ0) is 26.6. The largest absolute Gasteiger partial charge is 0.402 e. The number of benzene rings is 2. The van der Waals surface area contributed by atoms with E-state index < -0.39 is 5.67 Å². The van der Waals surface area contributed by atoms with Crippen LogP contribution >= 0.6 is 0 Å². The number of hydrogen-bond acceptors (Lipinski definition) is 3. The summed E-state index contributed by atoms with van der Waals surface area (Å²) in [5.74, 6) is 0.850. The molecule has 2 saturated heterocycles. The molecule has 0 radical (unpaired) electrons. The van der Waals surface area contributed by atoms with Gasteiger partial charge >= 0.3 is 0 Å². The van der Waals surface area contributed by atoms with Gasteiger partial charge in [0.25, 0.3) is 0 Å². The van der Waals surface area contributed by atoms with Gasteiger partial charge in [0, 0.05) is 36.9 Å². The molecule has 2 aliphatic heterocycles. The predicted molar refractivity (Wildman–Crippen MR) is 151 cm³/mol. The second-order valence-corrected chi connectivity index (χ2v) is 11.6. The first-order valence-electron chi connectivity index (χ1n) is 13.8. The van der Waals surface area contributed by atoms with Crippen molar-refractivity contribution in [3.63, 3.8) is 0 Å². The summed E-state index contributed by atoms with van der Waals surface area (Å²) in [5, 5.41) is 0. The van der Waals surface area contributed by atoms with E-state index in [4.69, 9.17) is 5.73 Å². The molecule has 0 spiro atoms. The number of piperidine rings is 2. The predicted octanol–water partition coefficient (Wildman–Crippen LogP) is 7.04. The number of nitrogens with zero attached hydrogens (tertiary/aromatic N) is 2. The fourth-order valence-corrected chi connectivity index (χ4v) is 5.81. The minimum Gasteiger partial charge on any atom is -0.402 e. The number of likely N-dealkylation sites (tertiary alicyclic amines) is 2. The molecule has 2 aromatic carbocycles. The Morgan fingerprint density at radius 2 is 1.57 bits per heavy atom. The summed E-state index contributed by atoms with van der Waals surface area (Å²) in [6, 6.07) is 13.9. The summed E-state index contributed by atoms with van der Waals surface area (Å²) in [4.78, 5) is 4.53. The molecule has 2 fully saturated rings. The summed E-state index contributed by atoms with van der Waals surface area (Å²) in [6.45, 7) is 15.7. The number of halogens is 2. The summed E-state index contributed by atoms with van der Waals surface area (Å²) in [6.07, 6.45) is 5.87. The van der Waals surface area contributed by atoms with Crippen LogP contribution in [0.25, 0.3) is 16.8 Å². The Morgan fingerprint density at radius 1 is 0.946 bits per heavy atom. The maximum Gasteiger partial charge on any atom is 0.127 e. The Hall–Kier alpha value is -2.66. The Kier molecular flexibility index (Phi) is 8.74. The Labute approximate surface area is 222 Å². The molecule has 2 heterocycles. The van der Waals surface area contributed by atoms with E-state index in [9.17, 15) is 8.78 Å². The second-order valence-electron chi connectivity index (χ2n) is 11.6. The molecule has 2 N–H and O–H groups in total. The number of aryl methyl sites for hydroxylation is 1. The van der Waals surface area contributed by atoms with Crippen molar-refractivity contribution in [3.05, 3.63) is 78.3 Å². The average Bonchev–Trinajstić information content (AvgIpc) is 2.87. The van der Waals surface area contributed by atoms with Crippen LogP contribution in [0.15, 0.2) is 61.3 Å². The molecule has 5 heteroatoms. The molecule has 2 aliphatic rings. The number of alkyl halides is 1. The first kappa shape index (κ1) is 27.4. The normalized spacial score (nSPS) is 18.2. The van der Waals surface area contributed by atoms with E-state index in [2.05, 4.69) is 47.2 Å². The van der Waals surface area contributed by atoms with Crippen LogP contribution in [0.3, 0.4) is 0 Å². The molecular formula is C32H43F2N3. The highest BCUT2D eigenvalue weighted by atomic mass is 19.1. The smallest absolute Gasteiger partial charge is 0.127 e. The standard InChI is InChI=1S/C32H43F2N3/c1-23(35)26-15-19-37(20-16-26)24(2)27-7-9-28(10-8-27)30-12-11-29(31(33)21-30)6-5-25-13-17-36(18-14-25)22-32(3,4)34/h7-12,21,25-26H,1-2,5-6,13-20,22,35H2,3-4H3. The number of hydrogen-bond donors (Lipinski definition) is 1. The van der Waals surface area contributed by atoms with Crippen LogP contribution < -0.4 is 5.73 Å². The number of rotatable bonds is 9. The summed E-state index contributed by atoms with van der Waals surface area (Å²) in [5.41, 5.74) is 10.3. The van der Waals surface area contributed by atoms with Gasteiger partial charge in [-0.2, -0.15) is 0 Å². The highest BCUT2D eigenvalue weighted by molar-refractivity contribution is 5.69. The summed E-state index contributed by atoms with van der Waals surface area (Å²) in [7, 11) is 0. The Balaban J connectivity index is 1.29. The van der Waals surface area contributed by atoms with E-state index >= 15 is 0 Å². The lowest BCUT2D eigenvalue weighted by molar-refractivity contribution is 0.0942. The van der Waals surface area contributed by atoms with E-state index in [0.29, 0.717) is 18.4 Å². The maximum absolute atomic E-state index is 15.0. The fourth-order valence-electron chi connectivity index (χ4n) is 5.81. The zero-order valence-electron chi connectivity index (χ0n) is 22.6. The molecule has 3 nitrogen and oxygen atoms in total. The van der Waals surface area contributed by atoms with Crippen LogP contribution in [-0.4, -0.2) is 48.2 Å². The third-order valence-corrected chi connectivity index (χ3v) is 8.13. The molecule has 0 atom stereocenters. The Morgan fingerprint density at radius 3 is 2.14 bits per heavy atom. The van der Waals surface area contributed by atoms with Gasteiger partial charge in [-0.15, -0.1) is 0 Å². The first-order chi connectivity index (χ1) is 17.6. The van der Waals surface area contributed by atoms with Crippen LogP contribution in [0.2, 0.25) is 0 Å². The summed E-state index contributed by atoms with van der Waals surface area (Å²) < 4.78 is 28.9. The second kappa shape index (κ2) is 11.8. The van der Waals surface area contributed by atoms with Gasteiger partial charge in [-0.25, -0.2) is 8.78 Å². The molecule has 37 heavy (non-hydrogen) atoms. The molecule has 200 valence electrons. The van der Waals surface area contributed by atoms with Crippen molar-refractivity contribution in [2.24, 2.45) is 17.6 Å². The van der Waals surface area contributed by atoms with Gasteiger partial charge in [0.05, 0.1) is 0 Å². The topological polar surface area (TPSA) is 32.5 Å². The van der Waals surface area contributed by atoms with Gasteiger partial charge in [0.2, 0.25) is 0 Å². The molecule has 4 rings (SSSR count). The van der Waals surface area contributed by atoms with Crippen LogP contribution in [0.1, 0.15) is 57.1 Å². The number of allylic oxidation sites excluding steroid dienone is 1. The van der Waals surface area contributed by atoms with Crippen molar-refractivity contribution < 1.29 is 8.78 Å². The monoisotopic (exact) mass is 507 g/mol. The van der Waals surface area contributed by atoms with Crippen LogP contribution in [0, 0.1) is 17.7 Å². The van der Waals surface area contributed by atoms with E-state index in [1.807, 2.05) is 12.1 Å². The molecule has 0 unspecified atom stereocenters. The van der Waals surface area contributed by atoms with Crippen molar-refractivity contribution in [1.82, 2.24) is 9.80 Å². The van der Waals surface area contributed by atoms with E-state index in [-0.39, 0.29) is 5.82 Å². The highest BCUT2D eigenvalue weighted by Gasteiger charge is 2.25. The van der Waals surface area contributed by atoms with Crippen molar-refractivity contribution in [2.45, 2.75) is 58.0 Å². The fraction of sp³-hybridized carbons (Fsp3) is 0.500. The van der Waals surface area contributed by atoms with Gasteiger partial charge in [0.15, 0.2) is 0 Å². The lowest BCUT2D eigenvalue weighted by Gasteiger charge is -2.35. The molecule has 0 bridgehead atoms. The lowest BCUT2D eigenvalue weighted by Crippen LogP contribution is -2.41. The van der Waals surface area contributed by atoms with Gasteiger partial charge in [-0.05, 0) is 99.7 Å². The molecular weight excluding hydrogens is 464 g/mol. The SMILES string of the molecule is C=C(N)C1CCN(C(=C)c2ccc(-c3ccc(CCC4CCN(CC(C)(C)F)CC4)c(F)c3)cc2)CC1. The van der Waals surface area contributed by atoms with Crippen molar-refractivity contribution in [3.8, 4) is 11.1 Å². The van der Waals surface area contributed by atoms with Crippen LogP contribution in [-0.2, 0) is 6.42 Å². The molecule has 0 saturated carbocycles. The first-order valence-corrected chi connectivity index (χ1v) is 13.8. The number of nitrogens with two attached hydrogens (primary N) is 1. The third-order valence-electron chi connectivity index (χ3n) is 8.13. The van der Waals surface area contributed by atoms with E-state index in [1.54, 1.807) is 19.9 Å². The van der Waals surface area contributed by atoms with Gasteiger partial charge in [-0.1, -0.05) is 49.6 Å². The zero-order valence-corrected chi connectivity index (χ0v) is 22.6. The minimum atomic E-state index is -1.15. The molecule has 2 aromatic rings. The van der Waals surface area contributed by atoms with E-state index in [1.165, 1.54) is 0 Å². The van der Waals surface area contributed by atoms with Crippen LogP contribution in [0.5, 0.6) is 0 Å². The molecule has 0 aliphatic carbocycles. The van der Waals surface area contributed by atoms with Crippen LogP contribution in [0.4, 0.5) is 8.78 Å². The third kappa shape index (κ3) is 7.44. The Bertz CT molecular complexity index is 1070. The molecule has 0 amide bonds. The van der Waals surface area contributed by atoms with E-state index in [0.717, 1.165) is 98.4 Å².